The maximum atomic E-state index is 13.2. The molecule has 1 aliphatic rings. The molecule has 2 rings (SSSR count). The zero-order valence-electron chi connectivity index (χ0n) is 13.7. The zero-order chi connectivity index (χ0) is 19.5. The van der Waals surface area contributed by atoms with Crippen LogP contribution in [-0.2, 0) is 20.6 Å². The van der Waals surface area contributed by atoms with Gasteiger partial charge < -0.3 is 10.4 Å². The van der Waals surface area contributed by atoms with E-state index >= 15 is 0 Å². The first-order chi connectivity index (χ1) is 12.1. The van der Waals surface area contributed by atoms with Crippen LogP contribution in [0.3, 0.4) is 0 Å². The summed E-state index contributed by atoms with van der Waals surface area (Å²) in [6.45, 7) is 0.125. The van der Waals surface area contributed by atoms with Crippen LogP contribution in [0.2, 0.25) is 0 Å². The Hall–Kier alpha value is -1.53. The summed E-state index contributed by atoms with van der Waals surface area (Å²) in [7, 11) is -4.27. The van der Waals surface area contributed by atoms with E-state index in [0.717, 1.165) is 0 Å². The van der Waals surface area contributed by atoms with E-state index in [1.165, 1.54) is 25.3 Å². The Bertz CT molecular complexity index is 858. The number of aliphatic carboxylic acids is 1. The van der Waals surface area contributed by atoms with Crippen molar-refractivity contribution in [2.75, 3.05) is 6.54 Å². The molecule has 1 aromatic rings. The van der Waals surface area contributed by atoms with E-state index in [2.05, 4.69) is 5.32 Å². The molecule has 142 valence electrons. The largest absolute Gasteiger partial charge is 0.478 e. The zero-order valence-corrected chi connectivity index (χ0v) is 16.7. The second kappa shape index (κ2) is 8.01. The van der Waals surface area contributed by atoms with Gasteiger partial charge in [-0.2, -0.15) is 4.31 Å². The number of dihydropyridines is 1. The molecular weight excluding hydrogens is 481 g/mol. The number of nitrogens with one attached hydrogen (secondary N) is 1. The van der Waals surface area contributed by atoms with Crippen LogP contribution in [0, 0.1) is 3.57 Å². The van der Waals surface area contributed by atoms with Crippen LogP contribution < -0.4 is 5.32 Å². The number of benzene rings is 1. The molecule has 0 saturated heterocycles. The van der Waals surface area contributed by atoms with Crippen molar-refractivity contribution in [2.24, 2.45) is 0 Å². The topological polar surface area (TPSA) is 86.7 Å². The van der Waals surface area contributed by atoms with Crippen molar-refractivity contribution < 1.29 is 27.1 Å². The molecule has 0 aromatic heterocycles. The summed E-state index contributed by atoms with van der Waals surface area (Å²) in [5.74, 6) is -1.92. The minimum absolute atomic E-state index is 0.341. The van der Waals surface area contributed by atoms with Crippen molar-refractivity contribution in [1.29, 1.82) is 0 Å². The lowest BCUT2D eigenvalue weighted by molar-refractivity contribution is -0.134. The Morgan fingerprint density at radius 2 is 2.04 bits per heavy atom. The van der Waals surface area contributed by atoms with E-state index in [0.29, 0.717) is 13.4 Å². The van der Waals surface area contributed by atoms with E-state index in [9.17, 15) is 27.1 Å². The number of carbonyl (C=O) groups is 1. The Morgan fingerprint density at radius 3 is 2.62 bits per heavy atom. The van der Waals surface area contributed by atoms with Crippen LogP contribution in [-0.4, -0.2) is 42.4 Å². The molecule has 0 aliphatic carbocycles. The normalized spacial score (nSPS) is 20.2. The van der Waals surface area contributed by atoms with Gasteiger partial charge in [0.05, 0.1) is 17.9 Å². The standard InChI is InChI=1S/C16H17F2IN2O4S/c1-16(12(15(22)23)6-4-8-20-16)21(9-14(17)18)26(24,25)10-11-5-2-3-7-13(11)19/h2-8,14,20H,9-10H2,1H3,(H,22,23). The quantitative estimate of drug-likeness (QED) is 0.565. The average molecular weight is 498 g/mol. The number of sulfonamides is 1. The monoisotopic (exact) mass is 498 g/mol. The smallest absolute Gasteiger partial charge is 0.335 e. The third-order valence-electron chi connectivity index (χ3n) is 3.91. The lowest BCUT2D eigenvalue weighted by Gasteiger charge is -2.41. The fourth-order valence-corrected chi connectivity index (χ4v) is 5.35. The van der Waals surface area contributed by atoms with Gasteiger partial charge >= 0.3 is 5.97 Å². The van der Waals surface area contributed by atoms with Crippen LogP contribution in [0.5, 0.6) is 0 Å². The molecule has 0 spiro atoms. The van der Waals surface area contributed by atoms with Crippen molar-refractivity contribution in [2.45, 2.75) is 24.8 Å². The number of nitrogens with zero attached hydrogens (tertiary/aromatic N) is 1. The first-order valence-electron chi connectivity index (χ1n) is 7.48. The van der Waals surface area contributed by atoms with E-state index < -0.39 is 40.4 Å². The summed E-state index contributed by atoms with van der Waals surface area (Å²) >= 11 is 1.96. The van der Waals surface area contributed by atoms with Crippen molar-refractivity contribution >= 4 is 38.6 Å². The van der Waals surface area contributed by atoms with Crippen molar-refractivity contribution in [3.8, 4) is 0 Å². The summed E-state index contributed by atoms with van der Waals surface area (Å²) in [6.07, 6.45) is 0.920. The van der Waals surface area contributed by atoms with Gasteiger partial charge in [-0.25, -0.2) is 22.0 Å². The summed E-state index contributed by atoms with van der Waals surface area (Å²) in [5, 5.41) is 12.0. The van der Waals surface area contributed by atoms with Gasteiger partial charge in [0.1, 0.15) is 5.66 Å². The molecule has 2 N–H and O–H groups in total. The number of carboxylic acid groups (broad SMARTS) is 1. The molecule has 1 heterocycles. The number of allylic oxidation sites excluding steroid dienone is 2. The fourth-order valence-electron chi connectivity index (χ4n) is 2.67. The summed E-state index contributed by atoms with van der Waals surface area (Å²) < 4.78 is 53.5. The fraction of sp³-hybridized carbons (Fsp3) is 0.312. The highest BCUT2D eigenvalue weighted by atomic mass is 127. The molecule has 1 unspecified atom stereocenters. The number of halogens is 3. The van der Waals surface area contributed by atoms with Crippen LogP contribution in [0.1, 0.15) is 12.5 Å². The lowest BCUT2D eigenvalue weighted by atomic mass is 9.98. The molecule has 1 atom stereocenters. The van der Waals surface area contributed by atoms with Gasteiger partial charge in [-0.15, -0.1) is 0 Å². The van der Waals surface area contributed by atoms with Crippen LogP contribution >= 0.6 is 22.6 Å². The van der Waals surface area contributed by atoms with Gasteiger partial charge in [0.2, 0.25) is 10.0 Å². The molecule has 1 aromatic carbocycles. The maximum Gasteiger partial charge on any atom is 0.335 e. The van der Waals surface area contributed by atoms with Gasteiger partial charge in [-0.05, 0) is 59.5 Å². The maximum absolute atomic E-state index is 13.2. The van der Waals surface area contributed by atoms with E-state index in [-0.39, 0.29) is 5.57 Å². The molecule has 0 radical (unpaired) electrons. The SMILES string of the molecule is CC1(N(CC(F)F)S(=O)(=O)Cc2ccccc2I)NC=CC=C1C(=O)O. The van der Waals surface area contributed by atoms with Gasteiger partial charge in [0.25, 0.3) is 6.43 Å². The van der Waals surface area contributed by atoms with Crippen LogP contribution in [0.25, 0.3) is 0 Å². The Kier molecular flexibility index (Phi) is 6.40. The molecule has 0 bridgehead atoms. The van der Waals surface area contributed by atoms with E-state index in [4.69, 9.17) is 0 Å². The Labute approximate surface area is 163 Å². The van der Waals surface area contributed by atoms with Crippen LogP contribution in [0.4, 0.5) is 8.78 Å². The lowest BCUT2D eigenvalue weighted by Crippen LogP contribution is -2.61. The molecule has 0 fully saturated rings. The molecule has 0 saturated carbocycles. The number of hydrogen-bond acceptors (Lipinski definition) is 4. The predicted octanol–water partition coefficient (Wildman–Crippen LogP) is 2.53. The minimum atomic E-state index is -4.27. The minimum Gasteiger partial charge on any atom is -0.478 e. The first-order valence-corrected chi connectivity index (χ1v) is 10.2. The molecule has 0 amide bonds. The highest BCUT2D eigenvalue weighted by Gasteiger charge is 2.46. The second-order valence-electron chi connectivity index (χ2n) is 5.73. The Balaban J connectivity index is 2.50. The highest BCUT2D eigenvalue weighted by Crippen LogP contribution is 2.30. The molecular formula is C16H17F2IN2O4S. The molecule has 1 aliphatic heterocycles. The van der Waals surface area contributed by atoms with Gasteiger partial charge in [-0.3, -0.25) is 0 Å². The predicted molar refractivity (Wildman–Crippen MR) is 101 cm³/mol. The average Bonchev–Trinajstić information content (AvgIpc) is 2.54. The van der Waals surface area contributed by atoms with Crippen molar-refractivity contribution in [3.63, 3.8) is 0 Å². The molecule has 26 heavy (non-hydrogen) atoms. The van der Waals surface area contributed by atoms with Crippen molar-refractivity contribution in [1.82, 2.24) is 9.62 Å². The Morgan fingerprint density at radius 1 is 1.38 bits per heavy atom. The second-order valence-corrected chi connectivity index (χ2v) is 8.79. The third-order valence-corrected chi connectivity index (χ3v) is 6.83. The number of hydrogen-bond donors (Lipinski definition) is 2. The summed E-state index contributed by atoms with van der Waals surface area (Å²) in [4.78, 5) is 11.5. The van der Waals surface area contributed by atoms with Gasteiger partial charge in [-0.1, -0.05) is 18.2 Å². The molecule has 6 nitrogen and oxygen atoms in total. The summed E-state index contributed by atoms with van der Waals surface area (Å²) in [5.41, 5.74) is -1.73. The van der Waals surface area contributed by atoms with Gasteiger partial charge in [0, 0.05) is 3.57 Å². The highest BCUT2D eigenvalue weighted by molar-refractivity contribution is 14.1. The van der Waals surface area contributed by atoms with Crippen molar-refractivity contribution in [3.05, 3.63) is 57.3 Å². The number of carboxylic acids is 1. The first kappa shape index (κ1) is 20.8. The van der Waals surface area contributed by atoms with Gasteiger partial charge in [0.15, 0.2) is 0 Å². The number of alkyl halides is 2. The number of rotatable bonds is 7. The van der Waals surface area contributed by atoms with E-state index in [1.807, 2.05) is 22.6 Å². The third kappa shape index (κ3) is 4.41. The van der Waals surface area contributed by atoms with E-state index in [1.54, 1.807) is 24.3 Å². The van der Waals surface area contributed by atoms with Crippen LogP contribution in [0.15, 0.2) is 48.2 Å². The summed E-state index contributed by atoms with van der Waals surface area (Å²) in [6, 6.07) is 6.67. The molecule has 10 heteroatoms.